The third-order valence-electron chi connectivity index (χ3n) is 8.14. The van der Waals surface area contributed by atoms with E-state index in [4.69, 9.17) is 4.98 Å². The standard InChI is InChI=1S/C29H32FN9/c30-24-21(20-12-19(15-32-16-20)14-31-13-18-6-2-3-7-18)17-34-27-23(24)26(37-38-27)28-35-22-8-9-33-29(25(22)36-28)39-10-4-1-5-11-39/h8-9,12,15-18,31H,1-7,10-11,13-14H2,(H,35,36)(H,34,37,38). The highest BCUT2D eigenvalue weighted by Gasteiger charge is 2.23. The Morgan fingerprint density at radius 2 is 1.90 bits per heavy atom. The number of hydrogen-bond donors (Lipinski definition) is 3. The lowest BCUT2D eigenvalue weighted by Gasteiger charge is -2.27. The lowest BCUT2D eigenvalue weighted by molar-refractivity contribution is 0.489. The third kappa shape index (κ3) is 4.63. The van der Waals surface area contributed by atoms with E-state index in [2.05, 4.69) is 40.3 Å². The molecule has 1 aliphatic carbocycles. The molecule has 0 bridgehead atoms. The summed E-state index contributed by atoms with van der Waals surface area (Å²) in [4.78, 5) is 24.0. The minimum Gasteiger partial charge on any atom is -0.355 e. The summed E-state index contributed by atoms with van der Waals surface area (Å²) in [7, 11) is 0. The van der Waals surface area contributed by atoms with Crippen LogP contribution in [-0.4, -0.2) is 54.8 Å². The summed E-state index contributed by atoms with van der Waals surface area (Å²) in [6.07, 6.45) is 15.6. The number of pyridine rings is 3. The maximum Gasteiger partial charge on any atom is 0.184 e. The van der Waals surface area contributed by atoms with E-state index in [9.17, 15) is 0 Å². The monoisotopic (exact) mass is 525 g/mol. The minimum atomic E-state index is -0.392. The lowest BCUT2D eigenvalue weighted by Crippen LogP contribution is -2.30. The van der Waals surface area contributed by atoms with E-state index in [1.54, 1.807) is 12.4 Å². The van der Waals surface area contributed by atoms with Crippen molar-refractivity contribution in [3.05, 3.63) is 48.3 Å². The largest absolute Gasteiger partial charge is 0.355 e. The van der Waals surface area contributed by atoms with Gasteiger partial charge in [-0.1, -0.05) is 12.8 Å². The number of halogens is 1. The van der Waals surface area contributed by atoms with Crippen LogP contribution in [0.3, 0.4) is 0 Å². The number of nitrogens with one attached hydrogen (secondary N) is 3. The van der Waals surface area contributed by atoms with Crippen molar-refractivity contribution in [3.63, 3.8) is 0 Å². The first-order valence-corrected chi connectivity index (χ1v) is 14.0. The van der Waals surface area contributed by atoms with Gasteiger partial charge < -0.3 is 15.2 Å². The van der Waals surface area contributed by atoms with Crippen LogP contribution in [-0.2, 0) is 6.54 Å². The zero-order chi connectivity index (χ0) is 26.2. The first-order chi connectivity index (χ1) is 19.2. The molecule has 5 aromatic rings. The zero-order valence-corrected chi connectivity index (χ0v) is 21.9. The smallest absolute Gasteiger partial charge is 0.184 e. The third-order valence-corrected chi connectivity index (χ3v) is 8.14. The van der Waals surface area contributed by atoms with Crippen molar-refractivity contribution in [2.24, 2.45) is 5.92 Å². The molecule has 5 aromatic heterocycles. The normalized spacial score (nSPS) is 16.6. The van der Waals surface area contributed by atoms with Crippen LogP contribution in [0.5, 0.6) is 0 Å². The number of imidazole rings is 1. The maximum absolute atomic E-state index is 16.1. The Balaban J connectivity index is 1.21. The van der Waals surface area contributed by atoms with Gasteiger partial charge in [0.2, 0.25) is 0 Å². The molecule has 0 unspecified atom stereocenters. The average Bonchev–Trinajstić information content (AvgIpc) is 3.73. The van der Waals surface area contributed by atoms with Crippen molar-refractivity contribution in [1.82, 2.24) is 40.4 Å². The van der Waals surface area contributed by atoms with Crippen LogP contribution < -0.4 is 10.2 Å². The van der Waals surface area contributed by atoms with Crippen molar-refractivity contribution in [2.75, 3.05) is 24.5 Å². The second-order valence-corrected chi connectivity index (χ2v) is 10.8. The van der Waals surface area contributed by atoms with E-state index in [-0.39, 0.29) is 0 Å². The SMILES string of the molecule is Fc1c(-c2cncc(CNCC3CCCC3)c2)cnc2n[nH]c(-c3nc4c(N5CCCCC5)nccc4[nH]3)c12. The fourth-order valence-corrected chi connectivity index (χ4v) is 6.07. The van der Waals surface area contributed by atoms with E-state index in [0.717, 1.165) is 60.8 Å². The summed E-state index contributed by atoms with van der Waals surface area (Å²) in [5, 5.41) is 11.1. The van der Waals surface area contributed by atoms with E-state index in [1.165, 1.54) is 38.3 Å². The van der Waals surface area contributed by atoms with Crippen LogP contribution in [0.1, 0.15) is 50.5 Å². The zero-order valence-electron chi connectivity index (χ0n) is 21.9. The van der Waals surface area contributed by atoms with E-state index in [0.29, 0.717) is 40.2 Å². The summed E-state index contributed by atoms with van der Waals surface area (Å²) in [5.41, 5.74) is 4.52. The van der Waals surface area contributed by atoms with Gasteiger partial charge >= 0.3 is 0 Å². The average molecular weight is 526 g/mol. The summed E-state index contributed by atoms with van der Waals surface area (Å²) >= 11 is 0. The summed E-state index contributed by atoms with van der Waals surface area (Å²) in [6, 6.07) is 3.88. The van der Waals surface area contributed by atoms with Gasteiger partial charge in [-0.05, 0) is 62.3 Å². The summed E-state index contributed by atoms with van der Waals surface area (Å²) < 4.78 is 16.1. The highest BCUT2D eigenvalue weighted by Crippen LogP contribution is 2.34. The molecule has 0 atom stereocenters. The molecule has 0 amide bonds. The molecule has 200 valence electrons. The molecule has 3 N–H and O–H groups in total. The molecule has 39 heavy (non-hydrogen) atoms. The number of aromatic nitrogens is 7. The molecule has 10 heteroatoms. The van der Waals surface area contributed by atoms with Crippen LogP contribution in [0.4, 0.5) is 10.2 Å². The number of fused-ring (bicyclic) bond motifs is 2. The summed E-state index contributed by atoms with van der Waals surface area (Å²) in [6.45, 7) is 3.65. The number of rotatable bonds is 7. The Morgan fingerprint density at radius 1 is 1.03 bits per heavy atom. The Labute approximate surface area is 225 Å². The highest BCUT2D eigenvalue weighted by atomic mass is 19.1. The Morgan fingerprint density at radius 3 is 2.77 bits per heavy atom. The van der Waals surface area contributed by atoms with Gasteiger partial charge in [-0.2, -0.15) is 5.10 Å². The van der Waals surface area contributed by atoms with E-state index >= 15 is 4.39 Å². The molecule has 1 aliphatic heterocycles. The number of hydrogen-bond acceptors (Lipinski definition) is 7. The van der Waals surface area contributed by atoms with Gasteiger partial charge in [-0.25, -0.2) is 19.3 Å². The molecule has 9 nitrogen and oxygen atoms in total. The molecule has 1 saturated carbocycles. The second-order valence-electron chi connectivity index (χ2n) is 10.8. The number of aromatic amines is 2. The van der Waals surface area contributed by atoms with Gasteiger partial charge in [0.1, 0.15) is 17.0 Å². The molecular formula is C29H32FN9. The second kappa shape index (κ2) is 10.3. The van der Waals surface area contributed by atoms with E-state index in [1.807, 2.05) is 18.3 Å². The molecule has 2 aliphatic rings. The number of piperidine rings is 1. The minimum absolute atomic E-state index is 0.309. The summed E-state index contributed by atoms with van der Waals surface area (Å²) in [5.74, 6) is 1.74. The fourth-order valence-electron chi connectivity index (χ4n) is 6.07. The topological polar surface area (TPSA) is 111 Å². The van der Waals surface area contributed by atoms with Crippen molar-refractivity contribution in [2.45, 2.75) is 51.5 Å². The van der Waals surface area contributed by atoms with Crippen LogP contribution in [0.15, 0.2) is 36.9 Å². The molecule has 0 spiro atoms. The first kappa shape index (κ1) is 24.1. The number of anilines is 1. The maximum atomic E-state index is 16.1. The number of H-pyrrole nitrogens is 2. The van der Waals surface area contributed by atoms with Crippen molar-refractivity contribution >= 4 is 27.9 Å². The predicted molar refractivity (Wildman–Crippen MR) is 150 cm³/mol. The predicted octanol–water partition coefficient (Wildman–Crippen LogP) is 5.37. The molecular weight excluding hydrogens is 493 g/mol. The molecule has 0 aromatic carbocycles. The molecule has 7 rings (SSSR count). The quantitative estimate of drug-likeness (QED) is 0.262. The molecule has 6 heterocycles. The molecule has 1 saturated heterocycles. The molecule has 0 radical (unpaired) electrons. The van der Waals surface area contributed by atoms with E-state index < -0.39 is 5.82 Å². The van der Waals surface area contributed by atoms with Crippen molar-refractivity contribution in [1.29, 1.82) is 0 Å². The van der Waals surface area contributed by atoms with Crippen LogP contribution in [0.2, 0.25) is 0 Å². The Bertz CT molecular complexity index is 1610. The Kier molecular flexibility index (Phi) is 6.40. The fraction of sp³-hybridized carbons (Fsp3) is 0.414. The van der Waals surface area contributed by atoms with Crippen LogP contribution in [0.25, 0.3) is 44.7 Å². The van der Waals surface area contributed by atoms with Gasteiger partial charge in [0.25, 0.3) is 0 Å². The van der Waals surface area contributed by atoms with Gasteiger partial charge in [-0.3, -0.25) is 10.1 Å². The lowest BCUT2D eigenvalue weighted by atomic mass is 10.0. The van der Waals surface area contributed by atoms with Crippen molar-refractivity contribution < 1.29 is 4.39 Å². The van der Waals surface area contributed by atoms with Crippen LogP contribution in [0, 0.1) is 11.7 Å². The van der Waals surface area contributed by atoms with Gasteiger partial charge in [0, 0.05) is 55.5 Å². The molecule has 2 fully saturated rings. The van der Waals surface area contributed by atoms with Crippen LogP contribution >= 0.6 is 0 Å². The van der Waals surface area contributed by atoms with Gasteiger partial charge in [0.15, 0.2) is 17.3 Å². The number of nitrogens with zero attached hydrogens (tertiary/aromatic N) is 6. The highest BCUT2D eigenvalue weighted by molar-refractivity contribution is 5.95. The van der Waals surface area contributed by atoms with Gasteiger partial charge in [-0.15, -0.1) is 0 Å². The van der Waals surface area contributed by atoms with Crippen molar-refractivity contribution in [3.8, 4) is 22.6 Å². The first-order valence-electron chi connectivity index (χ1n) is 14.0. The Hall–Kier alpha value is -3.92. The van der Waals surface area contributed by atoms with Gasteiger partial charge in [0.05, 0.1) is 10.9 Å².